The lowest BCUT2D eigenvalue weighted by Crippen LogP contribution is -2.48. The summed E-state index contributed by atoms with van der Waals surface area (Å²) >= 11 is 0. The second-order valence-corrected chi connectivity index (χ2v) is 7.99. The average molecular weight is 310 g/mol. The molecule has 22 heavy (non-hydrogen) atoms. The van der Waals surface area contributed by atoms with Gasteiger partial charge in [-0.2, -0.15) is 0 Å². The first-order valence-electron chi connectivity index (χ1n) is 9.09. The highest BCUT2D eigenvalue weighted by atomic mass is 16.6. The van der Waals surface area contributed by atoms with Crippen LogP contribution >= 0.6 is 0 Å². The highest BCUT2D eigenvalue weighted by molar-refractivity contribution is 5.68. The number of likely N-dealkylation sites (tertiary alicyclic amines) is 2. The summed E-state index contributed by atoms with van der Waals surface area (Å²) in [6.45, 7) is 12.3. The van der Waals surface area contributed by atoms with E-state index in [1.807, 2.05) is 25.7 Å². The summed E-state index contributed by atoms with van der Waals surface area (Å²) in [5, 5.41) is 0. The van der Waals surface area contributed by atoms with E-state index in [0.29, 0.717) is 5.54 Å². The number of carbonyl (C=O) groups excluding carboxylic acids is 1. The summed E-state index contributed by atoms with van der Waals surface area (Å²) in [6, 6.07) is 0. The molecule has 2 saturated heterocycles. The molecule has 0 saturated carbocycles. The Kier molecular flexibility index (Phi) is 5.76. The van der Waals surface area contributed by atoms with Crippen LogP contribution in [0.5, 0.6) is 0 Å². The molecule has 2 heterocycles. The Labute approximate surface area is 136 Å². The van der Waals surface area contributed by atoms with E-state index in [-0.39, 0.29) is 6.09 Å². The van der Waals surface area contributed by atoms with Crippen LogP contribution in [-0.2, 0) is 4.74 Å². The lowest BCUT2D eigenvalue weighted by molar-refractivity contribution is 0.0239. The van der Waals surface area contributed by atoms with Crippen molar-refractivity contribution in [3.05, 3.63) is 0 Å². The molecule has 1 atom stereocenters. The Bertz CT molecular complexity index is 372. The van der Waals surface area contributed by atoms with Gasteiger partial charge in [-0.3, -0.25) is 4.90 Å². The summed E-state index contributed by atoms with van der Waals surface area (Å²) < 4.78 is 5.56. The predicted octanol–water partition coefficient (Wildman–Crippen LogP) is 4.04. The Balaban J connectivity index is 2.01. The average Bonchev–Trinajstić information content (AvgIpc) is 2.87. The van der Waals surface area contributed by atoms with E-state index in [9.17, 15) is 4.79 Å². The second-order valence-electron chi connectivity index (χ2n) is 7.99. The van der Waals surface area contributed by atoms with Gasteiger partial charge in [-0.25, -0.2) is 4.79 Å². The highest BCUT2D eigenvalue weighted by Crippen LogP contribution is 2.36. The van der Waals surface area contributed by atoms with Gasteiger partial charge in [0, 0.05) is 18.6 Å². The zero-order chi connectivity index (χ0) is 16.2. The minimum absolute atomic E-state index is 0.138. The van der Waals surface area contributed by atoms with Gasteiger partial charge in [0.05, 0.1) is 0 Å². The number of ether oxygens (including phenoxy) is 1. The van der Waals surface area contributed by atoms with Crippen LogP contribution in [0.4, 0.5) is 4.79 Å². The minimum Gasteiger partial charge on any atom is -0.444 e. The van der Waals surface area contributed by atoms with Crippen LogP contribution in [0, 0.1) is 0 Å². The third kappa shape index (κ3) is 4.37. The molecule has 0 spiro atoms. The van der Waals surface area contributed by atoms with Crippen LogP contribution in [0.3, 0.4) is 0 Å². The molecule has 0 bridgehead atoms. The maximum atomic E-state index is 12.3. The van der Waals surface area contributed by atoms with Crippen molar-refractivity contribution in [2.24, 2.45) is 0 Å². The van der Waals surface area contributed by atoms with Crippen LogP contribution in [0.2, 0.25) is 0 Å². The van der Waals surface area contributed by atoms with Crippen molar-refractivity contribution in [1.29, 1.82) is 0 Å². The fraction of sp³-hybridized carbons (Fsp3) is 0.944. The maximum Gasteiger partial charge on any atom is 0.410 e. The molecule has 1 amide bonds. The minimum atomic E-state index is -0.404. The van der Waals surface area contributed by atoms with E-state index >= 15 is 0 Å². The Morgan fingerprint density at radius 3 is 2.32 bits per heavy atom. The molecule has 2 rings (SSSR count). The molecule has 2 aliphatic heterocycles. The van der Waals surface area contributed by atoms with E-state index < -0.39 is 5.60 Å². The van der Waals surface area contributed by atoms with Gasteiger partial charge < -0.3 is 9.64 Å². The molecule has 0 N–H and O–H groups in total. The molecular formula is C18H34N2O2. The van der Waals surface area contributed by atoms with E-state index in [1.165, 1.54) is 45.2 Å². The molecule has 2 aliphatic rings. The van der Waals surface area contributed by atoms with Gasteiger partial charge in [-0.15, -0.1) is 0 Å². The molecule has 4 nitrogen and oxygen atoms in total. The number of carbonyl (C=O) groups is 1. The van der Waals surface area contributed by atoms with Crippen molar-refractivity contribution in [3.8, 4) is 0 Å². The quantitative estimate of drug-likeness (QED) is 0.788. The van der Waals surface area contributed by atoms with Gasteiger partial charge in [-0.05, 0) is 72.4 Å². The van der Waals surface area contributed by atoms with Gasteiger partial charge in [0.1, 0.15) is 5.60 Å². The predicted molar refractivity (Wildman–Crippen MR) is 90.1 cm³/mol. The second kappa shape index (κ2) is 7.20. The molecule has 1 unspecified atom stereocenters. The molecule has 0 aromatic carbocycles. The third-order valence-electron chi connectivity index (χ3n) is 5.06. The van der Waals surface area contributed by atoms with Gasteiger partial charge in [0.2, 0.25) is 0 Å². The summed E-state index contributed by atoms with van der Waals surface area (Å²) in [6.07, 6.45) is 8.43. The van der Waals surface area contributed by atoms with Crippen molar-refractivity contribution in [2.75, 3.05) is 26.2 Å². The summed E-state index contributed by atoms with van der Waals surface area (Å²) in [5.41, 5.74) is -0.0825. The monoisotopic (exact) mass is 310 g/mol. The number of hydrogen-bond donors (Lipinski definition) is 0. The first-order valence-corrected chi connectivity index (χ1v) is 9.09. The van der Waals surface area contributed by atoms with E-state index in [1.54, 1.807) is 0 Å². The first kappa shape index (κ1) is 17.6. The number of nitrogens with zero attached hydrogens (tertiary/aromatic N) is 2. The normalized spacial score (nSPS) is 27.7. The van der Waals surface area contributed by atoms with Crippen molar-refractivity contribution in [3.63, 3.8) is 0 Å². The van der Waals surface area contributed by atoms with E-state index in [4.69, 9.17) is 4.74 Å². The summed E-state index contributed by atoms with van der Waals surface area (Å²) in [4.78, 5) is 17.0. The molecule has 0 aliphatic carbocycles. The van der Waals surface area contributed by atoms with Crippen molar-refractivity contribution in [1.82, 2.24) is 9.80 Å². The van der Waals surface area contributed by atoms with Gasteiger partial charge >= 0.3 is 6.09 Å². The van der Waals surface area contributed by atoms with Crippen molar-refractivity contribution >= 4 is 6.09 Å². The lowest BCUT2D eigenvalue weighted by Gasteiger charge is -2.42. The van der Waals surface area contributed by atoms with Crippen LogP contribution < -0.4 is 0 Å². The Hall–Kier alpha value is -0.770. The zero-order valence-corrected chi connectivity index (χ0v) is 15.0. The van der Waals surface area contributed by atoms with E-state index in [2.05, 4.69) is 11.8 Å². The van der Waals surface area contributed by atoms with Gasteiger partial charge in [0.15, 0.2) is 0 Å². The number of amides is 1. The lowest BCUT2D eigenvalue weighted by atomic mass is 9.84. The highest BCUT2D eigenvalue weighted by Gasteiger charge is 2.39. The molecule has 4 heteroatoms. The maximum absolute atomic E-state index is 12.3. The van der Waals surface area contributed by atoms with Gasteiger partial charge in [0.25, 0.3) is 0 Å². The Morgan fingerprint density at radius 2 is 1.73 bits per heavy atom. The number of rotatable bonds is 3. The van der Waals surface area contributed by atoms with Crippen LogP contribution in [0.15, 0.2) is 0 Å². The van der Waals surface area contributed by atoms with E-state index in [0.717, 1.165) is 25.9 Å². The van der Waals surface area contributed by atoms with Crippen LogP contribution in [0.1, 0.15) is 72.6 Å². The molecule has 128 valence electrons. The molecular weight excluding hydrogens is 276 g/mol. The van der Waals surface area contributed by atoms with Crippen molar-refractivity contribution < 1.29 is 9.53 Å². The van der Waals surface area contributed by atoms with Crippen molar-refractivity contribution in [2.45, 2.75) is 83.8 Å². The molecule has 0 aromatic heterocycles. The zero-order valence-electron chi connectivity index (χ0n) is 15.0. The number of hydrogen-bond acceptors (Lipinski definition) is 3. The molecule has 2 fully saturated rings. The van der Waals surface area contributed by atoms with Gasteiger partial charge in [-0.1, -0.05) is 13.3 Å². The van der Waals surface area contributed by atoms with Crippen LogP contribution in [0.25, 0.3) is 0 Å². The Morgan fingerprint density at radius 1 is 1.05 bits per heavy atom. The summed E-state index contributed by atoms with van der Waals surface area (Å²) in [5.74, 6) is 0. The SMILES string of the molecule is CCCC1(N2CCCC2)CCCN(C(=O)OC(C)(C)C)CC1. The topological polar surface area (TPSA) is 32.8 Å². The molecule has 0 radical (unpaired) electrons. The summed E-state index contributed by atoms with van der Waals surface area (Å²) in [7, 11) is 0. The third-order valence-corrected chi connectivity index (χ3v) is 5.06. The van der Waals surface area contributed by atoms with Crippen LogP contribution in [-0.4, -0.2) is 53.2 Å². The largest absolute Gasteiger partial charge is 0.444 e. The standard InChI is InChI=1S/C18H34N2O2/c1-5-9-18(20-13-6-7-14-20)10-8-12-19(15-11-18)16(21)22-17(2,3)4/h5-15H2,1-4H3. The smallest absolute Gasteiger partial charge is 0.410 e. The molecule has 0 aromatic rings. The fourth-order valence-corrected chi connectivity index (χ4v) is 4.07. The first-order chi connectivity index (χ1) is 10.4. The fourth-order valence-electron chi connectivity index (χ4n) is 4.07.